The highest BCUT2D eigenvalue weighted by Gasteiger charge is 2.38. The lowest BCUT2D eigenvalue weighted by Gasteiger charge is -2.34. The lowest BCUT2D eigenvalue weighted by Crippen LogP contribution is -2.38. The lowest BCUT2D eigenvalue weighted by atomic mass is 9.73. The number of ether oxygens (including phenoxy) is 2. The number of benzene rings is 2. The van der Waals surface area contributed by atoms with Crippen LogP contribution in [0.2, 0.25) is 0 Å². The molecule has 0 radical (unpaired) electrons. The summed E-state index contributed by atoms with van der Waals surface area (Å²) in [5, 5.41) is 2.99. The van der Waals surface area contributed by atoms with Crippen LogP contribution in [0, 0.1) is 0 Å². The summed E-state index contributed by atoms with van der Waals surface area (Å²) in [5.41, 5.74) is 4.84. The van der Waals surface area contributed by atoms with Crippen LogP contribution in [0.1, 0.15) is 54.7 Å². The van der Waals surface area contributed by atoms with Gasteiger partial charge >= 0.3 is 0 Å². The van der Waals surface area contributed by atoms with Crippen molar-refractivity contribution in [2.24, 2.45) is 0 Å². The smallest absolute Gasteiger partial charge is 0.225 e. The summed E-state index contributed by atoms with van der Waals surface area (Å²) in [5.74, 6) is 1.21. The first-order valence-corrected chi connectivity index (χ1v) is 10.4. The minimum Gasteiger partial charge on any atom is -0.493 e. The second kappa shape index (κ2) is 8.34. The summed E-state index contributed by atoms with van der Waals surface area (Å²) < 4.78 is 10.7. The molecule has 0 spiro atoms. The van der Waals surface area contributed by atoms with Crippen LogP contribution >= 0.6 is 0 Å². The van der Waals surface area contributed by atoms with Crippen LogP contribution in [-0.2, 0) is 16.0 Å². The lowest BCUT2D eigenvalue weighted by molar-refractivity contribution is -0.122. The van der Waals surface area contributed by atoms with E-state index in [1.54, 1.807) is 14.2 Å². The Labute approximate surface area is 177 Å². The average molecular weight is 405 g/mol. The van der Waals surface area contributed by atoms with Crippen molar-refractivity contribution < 1.29 is 19.1 Å². The second-order valence-corrected chi connectivity index (χ2v) is 7.94. The number of ketones is 1. The molecule has 5 heteroatoms. The molecule has 0 saturated carbocycles. The third kappa shape index (κ3) is 3.72. The Morgan fingerprint density at radius 3 is 2.27 bits per heavy atom. The van der Waals surface area contributed by atoms with E-state index >= 15 is 0 Å². The van der Waals surface area contributed by atoms with Crippen LogP contribution in [0.25, 0.3) is 0 Å². The van der Waals surface area contributed by atoms with E-state index in [4.69, 9.17) is 9.47 Å². The fourth-order valence-electron chi connectivity index (χ4n) is 4.57. The van der Waals surface area contributed by atoms with Crippen molar-refractivity contribution in [3.05, 3.63) is 70.4 Å². The van der Waals surface area contributed by atoms with Crippen molar-refractivity contribution in [2.75, 3.05) is 14.2 Å². The first kappa shape index (κ1) is 20.2. The van der Waals surface area contributed by atoms with Gasteiger partial charge in [0.1, 0.15) is 0 Å². The van der Waals surface area contributed by atoms with Crippen molar-refractivity contribution in [2.45, 2.75) is 44.4 Å². The van der Waals surface area contributed by atoms with E-state index in [2.05, 4.69) is 36.5 Å². The summed E-state index contributed by atoms with van der Waals surface area (Å²) >= 11 is 0. The Hall–Kier alpha value is -3.08. The van der Waals surface area contributed by atoms with Crippen molar-refractivity contribution in [1.29, 1.82) is 0 Å². The SMILES string of the molecule is CCc1ccc([C@@H]2CC(=O)NC3=C2C(=O)C[C@H](c2ccc(OC)c(OC)c2)C3)cc1. The van der Waals surface area contributed by atoms with Crippen LogP contribution in [0.3, 0.4) is 0 Å². The molecule has 2 aliphatic rings. The van der Waals surface area contributed by atoms with E-state index in [1.165, 1.54) is 5.56 Å². The number of hydrogen-bond acceptors (Lipinski definition) is 4. The molecule has 1 aliphatic carbocycles. The van der Waals surface area contributed by atoms with Gasteiger partial charge in [-0.25, -0.2) is 0 Å². The summed E-state index contributed by atoms with van der Waals surface area (Å²) in [4.78, 5) is 25.7. The number of hydrogen-bond donors (Lipinski definition) is 1. The summed E-state index contributed by atoms with van der Waals surface area (Å²) in [6.45, 7) is 2.11. The summed E-state index contributed by atoms with van der Waals surface area (Å²) in [7, 11) is 3.20. The highest BCUT2D eigenvalue weighted by molar-refractivity contribution is 6.02. The minimum atomic E-state index is -0.168. The highest BCUT2D eigenvalue weighted by atomic mass is 16.5. The Morgan fingerprint density at radius 2 is 1.60 bits per heavy atom. The zero-order valence-electron chi connectivity index (χ0n) is 17.7. The summed E-state index contributed by atoms with van der Waals surface area (Å²) in [6.07, 6.45) is 2.34. The molecule has 0 aromatic heterocycles. The number of Topliss-reactive ketones (excluding diaryl/α,β-unsaturated/α-hetero) is 1. The molecule has 30 heavy (non-hydrogen) atoms. The van der Waals surface area contributed by atoms with Crippen LogP contribution in [0.5, 0.6) is 11.5 Å². The molecule has 1 heterocycles. The van der Waals surface area contributed by atoms with Gasteiger partial charge in [-0.1, -0.05) is 37.3 Å². The number of allylic oxidation sites excluding steroid dienone is 2. The molecular weight excluding hydrogens is 378 g/mol. The van der Waals surface area contributed by atoms with Gasteiger partial charge < -0.3 is 14.8 Å². The molecule has 2 atom stereocenters. The van der Waals surface area contributed by atoms with E-state index in [0.29, 0.717) is 30.8 Å². The van der Waals surface area contributed by atoms with E-state index in [1.807, 2.05) is 18.2 Å². The number of aryl methyl sites for hydroxylation is 1. The predicted octanol–water partition coefficient (Wildman–Crippen LogP) is 4.27. The minimum absolute atomic E-state index is 0.00225. The molecule has 5 nitrogen and oxygen atoms in total. The van der Waals surface area contributed by atoms with Gasteiger partial charge in [0.05, 0.1) is 14.2 Å². The van der Waals surface area contributed by atoms with Gasteiger partial charge in [-0.05, 0) is 47.6 Å². The maximum absolute atomic E-state index is 13.2. The zero-order valence-corrected chi connectivity index (χ0v) is 17.7. The van der Waals surface area contributed by atoms with E-state index in [-0.39, 0.29) is 23.5 Å². The molecular formula is C25H27NO4. The summed E-state index contributed by atoms with van der Waals surface area (Å²) in [6, 6.07) is 14.0. The second-order valence-electron chi connectivity index (χ2n) is 7.94. The monoisotopic (exact) mass is 405 g/mol. The Kier molecular flexibility index (Phi) is 5.62. The number of carbonyl (C=O) groups is 2. The fraction of sp³-hybridized carbons (Fsp3) is 0.360. The molecule has 1 N–H and O–H groups in total. The molecule has 156 valence electrons. The number of nitrogens with one attached hydrogen (secondary N) is 1. The Morgan fingerprint density at radius 1 is 0.900 bits per heavy atom. The van der Waals surface area contributed by atoms with Crippen molar-refractivity contribution in [1.82, 2.24) is 5.32 Å². The van der Waals surface area contributed by atoms with Gasteiger partial charge in [0.15, 0.2) is 17.3 Å². The van der Waals surface area contributed by atoms with Gasteiger partial charge in [0.25, 0.3) is 0 Å². The number of carbonyl (C=O) groups excluding carboxylic acids is 2. The number of methoxy groups -OCH3 is 2. The van der Waals surface area contributed by atoms with Gasteiger partial charge in [-0.2, -0.15) is 0 Å². The topological polar surface area (TPSA) is 64.6 Å². The van der Waals surface area contributed by atoms with Crippen LogP contribution < -0.4 is 14.8 Å². The third-order valence-corrected chi connectivity index (χ3v) is 6.21. The van der Waals surface area contributed by atoms with Gasteiger partial charge in [0.2, 0.25) is 5.91 Å². The normalized spacial score (nSPS) is 21.2. The third-order valence-electron chi connectivity index (χ3n) is 6.21. The van der Waals surface area contributed by atoms with Crippen molar-refractivity contribution >= 4 is 11.7 Å². The Balaban J connectivity index is 1.67. The largest absolute Gasteiger partial charge is 0.493 e. The molecule has 0 saturated heterocycles. The first-order valence-electron chi connectivity index (χ1n) is 10.4. The van der Waals surface area contributed by atoms with Gasteiger partial charge in [-0.15, -0.1) is 0 Å². The molecule has 4 rings (SSSR count). The average Bonchev–Trinajstić information content (AvgIpc) is 2.77. The maximum Gasteiger partial charge on any atom is 0.225 e. The maximum atomic E-state index is 13.2. The van der Waals surface area contributed by atoms with Gasteiger partial charge in [0, 0.05) is 30.0 Å². The molecule has 0 bridgehead atoms. The number of rotatable bonds is 5. The molecule has 0 unspecified atom stereocenters. The zero-order chi connectivity index (χ0) is 21.3. The highest BCUT2D eigenvalue weighted by Crippen LogP contribution is 2.43. The molecule has 2 aromatic carbocycles. The van der Waals surface area contributed by atoms with Crippen molar-refractivity contribution in [3.63, 3.8) is 0 Å². The van der Waals surface area contributed by atoms with Crippen molar-refractivity contribution in [3.8, 4) is 11.5 Å². The molecule has 2 aromatic rings. The van der Waals surface area contributed by atoms with Crippen LogP contribution in [-0.4, -0.2) is 25.9 Å². The fourth-order valence-corrected chi connectivity index (χ4v) is 4.57. The van der Waals surface area contributed by atoms with E-state index in [9.17, 15) is 9.59 Å². The molecule has 1 amide bonds. The van der Waals surface area contributed by atoms with E-state index in [0.717, 1.165) is 28.8 Å². The first-order chi connectivity index (χ1) is 14.5. The molecule has 0 fully saturated rings. The van der Waals surface area contributed by atoms with Crippen LogP contribution in [0.15, 0.2) is 53.7 Å². The van der Waals surface area contributed by atoms with E-state index < -0.39 is 0 Å². The molecule has 1 aliphatic heterocycles. The standard InChI is InChI=1S/C25H27NO4/c1-4-15-5-7-16(8-6-15)19-14-24(28)26-20-11-18(12-21(27)25(19)20)17-9-10-22(29-2)23(13-17)30-3/h5-10,13,18-19H,4,11-12,14H2,1-3H3,(H,26,28)/t18-,19+/m1/s1. The quantitative estimate of drug-likeness (QED) is 0.807. The van der Waals surface area contributed by atoms with Crippen LogP contribution in [0.4, 0.5) is 0 Å². The number of amides is 1. The van der Waals surface area contributed by atoms with Gasteiger partial charge in [-0.3, -0.25) is 9.59 Å². The Bertz CT molecular complexity index is 1010. The predicted molar refractivity (Wildman–Crippen MR) is 115 cm³/mol.